The van der Waals surface area contributed by atoms with Crippen molar-refractivity contribution in [3.63, 3.8) is 0 Å². The Kier molecular flexibility index (Phi) is 3.51. The predicted octanol–water partition coefficient (Wildman–Crippen LogP) is 3.13. The van der Waals surface area contributed by atoms with Crippen LogP contribution in [0.4, 0.5) is 0 Å². The number of nitrogens with one attached hydrogen (secondary N) is 1. The molecule has 0 bridgehead atoms. The van der Waals surface area contributed by atoms with E-state index in [1.165, 1.54) is 5.56 Å². The third-order valence-corrected chi connectivity index (χ3v) is 2.86. The molecule has 0 unspecified atom stereocenters. The topological polar surface area (TPSA) is 42.2 Å². The number of furan rings is 1. The second kappa shape index (κ2) is 5.08. The quantitative estimate of drug-likeness (QED) is 0.899. The van der Waals surface area contributed by atoms with Crippen LogP contribution in [0.5, 0.6) is 0 Å². The molecule has 2 rings (SSSR count). The highest BCUT2D eigenvalue weighted by Gasteiger charge is 2.12. The molecule has 0 aliphatic carbocycles. The first-order valence-corrected chi connectivity index (χ1v) is 5.97. The van der Waals surface area contributed by atoms with Crippen molar-refractivity contribution in [1.82, 2.24) is 5.32 Å². The van der Waals surface area contributed by atoms with E-state index in [4.69, 9.17) is 4.42 Å². The Hall–Kier alpha value is -2.03. The number of carbonyl (C=O) groups is 1. The van der Waals surface area contributed by atoms with E-state index in [2.05, 4.69) is 5.32 Å². The molecule has 3 heteroatoms. The van der Waals surface area contributed by atoms with Gasteiger partial charge in [-0.1, -0.05) is 29.8 Å². The maximum Gasteiger partial charge on any atom is 0.255 e. The molecule has 1 heterocycles. The standard InChI is InChI=1S/C15H17NO2/c1-10-4-6-13(7-5-10)9-16-15(17)14-8-11(2)18-12(14)3/h4-8H,9H2,1-3H3,(H,16,17). The Bertz CT molecular complexity index is 552. The number of benzene rings is 1. The van der Waals surface area contributed by atoms with Crippen LogP contribution in [-0.2, 0) is 6.54 Å². The summed E-state index contributed by atoms with van der Waals surface area (Å²) in [5.74, 6) is 1.33. The second-order valence-corrected chi connectivity index (χ2v) is 4.50. The first-order valence-electron chi connectivity index (χ1n) is 5.97. The van der Waals surface area contributed by atoms with Crippen LogP contribution in [0, 0.1) is 20.8 Å². The molecule has 0 atom stereocenters. The minimum atomic E-state index is -0.0927. The van der Waals surface area contributed by atoms with Crippen LogP contribution < -0.4 is 5.32 Å². The summed E-state index contributed by atoms with van der Waals surface area (Å²) in [6.45, 7) is 6.21. The molecule has 94 valence electrons. The molecule has 0 aliphatic heterocycles. The summed E-state index contributed by atoms with van der Waals surface area (Å²) in [7, 11) is 0. The lowest BCUT2D eigenvalue weighted by Gasteiger charge is -2.04. The van der Waals surface area contributed by atoms with Crippen LogP contribution >= 0.6 is 0 Å². The minimum absolute atomic E-state index is 0.0927. The molecule has 0 radical (unpaired) electrons. The molecule has 0 aliphatic rings. The molecule has 0 saturated heterocycles. The van der Waals surface area contributed by atoms with Crippen molar-refractivity contribution in [2.75, 3.05) is 0 Å². The van der Waals surface area contributed by atoms with Gasteiger partial charge < -0.3 is 9.73 Å². The van der Waals surface area contributed by atoms with E-state index in [1.54, 1.807) is 13.0 Å². The van der Waals surface area contributed by atoms with Crippen LogP contribution in [0.1, 0.15) is 33.0 Å². The van der Waals surface area contributed by atoms with E-state index in [-0.39, 0.29) is 5.91 Å². The third kappa shape index (κ3) is 2.80. The van der Waals surface area contributed by atoms with Crippen molar-refractivity contribution in [2.45, 2.75) is 27.3 Å². The summed E-state index contributed by atoms with van der Waals surface area (Å²) in [4.78, 5) is 11.9. The van der Waals surface area contributed by atoms with Crippen molar-refractivity contribution in [3.8, 4) is 0 Å². The van der Waals surface area contributed by atoms with Gasteiger partial charge in [-0.25, -0.2) is 0 Å². The molecule has 1 N–H and O–H groups in total. The van der Waals surface area contributed by atoms with Gasteiger partial charge in [-0.2, -0.15) is 0 Å². The smallest absolute Gasteiger partial charge is 0.255 e. The van der Waals surface area contributed by atoms with Gasteiger partial charge >= 0.3 is 0 Å². The summed E-state index contributed by atoms with van der Waals surface area (Å²) < 4.78 is 5.34. The predicted molar refractivity (Wildman–Crippen MR) is 70.5 cm³/mol. The fourth-order valence-electron chi connectivity index (χ4n) is 1.84. The molecule has 0 fully saturated rings. The SMILES string of the molecule is Cc1ccc(CNC(=O)c2cc(C)oc2C)cc1. The third-order valence-electron chi connectivity index (χ3n) is 2.86. The van der Waals surface area contributed by atoms with Gasteiger partial charge in [-0.15, -0.1) is 0 Å². The van der Waals surface area contributed by atoms with Gasteiger partial charge in [0.1, 0.15) is 11.5 Å². The van der Waals surface area contributed by atoms with Gasteiger partial charge in [0, 0.05) is 6.54 Å². The highest BCUT2D eigenvalue weighted by atomic mass is 16.3. The lowest BCUT2D eigenvalue weighted by molar-refractivity contribution is 0.0949. The summed E-state index contributed by atoms with van der Waals surface area (Å²) in [6.07, 6.45) is 0. The number of hydrogen-bond donors (Lipinski definition) is 1. The molecule has 1 aromatic heterocycles. The molecule has 0 spiro atoms. The zero-order valence-corrected chi connectivity index (χ0v) is 10.9. The van der Waals surface area contributed by atoms with Gasteiger partial charge in [0.15, 0.2) is 0 Å². The van der Waals surface area contributed by atoms with Crippen molar-refractivity contribution >= 4 is 5.91 Å². The number of amides is 1. The first kappa shape index (κ1) is 12.4. The minimum Gasteiger partial charge on any atom is -0.466 e. The first-order chi connectivity index (χ1) is 8.56. The summed E-state index contributed by atoms with van der Waals surface area (Å²) in [5, 5.41) is 2.89. The Morgan fingerprint density at radius 2 is 1.83 bits per heavy atom. The van der Waals surface area contributed by atoms with Crippen molar-refractivity contribution in [1.29, 1.82) is 0 Å². The van der Waals surface area contributed by atoms with Crippen LogP contribution in [0.3, 0.4) is 0 Å². The van der Waals surface area contributed by atoms with Crippen LogP contribution in [0.15, 0.2) is 34.7 Å². The van der Waals surface area contributed by atoms with E-state index < -0.39 is 0 Å². The monoisotopic (exact) mass is 243 g/mol. The molecule has 2 aromatic rings. The van der Waals surface area contributed by atoms with E-state index in [0.29, 0.717) is 17.9 Å². The normalized spacial score (nSPS) is 10.4. The van der Waals surface area contributed by atoms with Crippen LogP contribution in [-0.4, -0.2) is 5.91 Å². The fraction of sp³-hybridized carbons (Fsp3) is 0.267. The summed E-state index contributed by atoms with van der Waals surface area (Å²) >= 11 is 0. The zero-order valence-electron chi connectivity index (χ0n) is 10.9. The fourth-order valence-corrected chi connectivity index (χ4v) is 1.84. The van der Waals surface area contributed by atoms with Crippen molar-refractivity contribution < 1.29 is 9.21 Å². The van der Waals surface area contributed by atoms with Crippen LogP contribution in [0.2, 0.25) is 0 Å². The molecule has 1 amide bonds. The lowest BCUT2D eigenvalue weighted by Crippen LogP contribution is -2.22. The molecular weight excluding hydrogens is 226 g/mol. The summed E-state index contributed by atoms with van der Waals surface area (Å²) in [6, 6.07) is 9.87. The second-order valence-electron chi connectivity index (χ2n) is 4.50. The van der Waals surface area contributed by atoms with E-state index in [0.717, 1.165) is 11.3 Å². The van der Waals surface area contributed by atoms with Gasteiger partial charge in [0.2, 0.25) is 0 Å². The number of carbonyl (C=O) groups excluding carboxylic acids is 1. The van der Waals surface area contributed by atoms with Gasteiger partial charge in [0.05, 0.1) is 5.56 Å². The Morgan fingerprint density at radius 1 is 1.17 bits per heavy atom. The van der Waals surface area contributed by atoms with E-state index in [9.17, 15) is 4.79 Å². The Labute approximate surface area is 107 Å². The van der Waals surface area contributed by atoms with Crippen molar-refractivity contribution in [3.05, 3.63) is 58.5 Å². The largest absolute Gasteiger partial charge is 0.466 e. The van der Waals surface area contributed by atoms with Crippen LogP contribution in [0.25, 0.3) is 0 Å². The lowest BCUT2D eigenvalue weighted by atomic mass is 10.1. The molecular formula is C15H17NO2. The summed E-state index contributed by atoms with van der Waals surface area (Å²) in [5.41, 5.74) is 2.91. The van der Waals surface area contributed by atoms with E-state index in [1.807, 2.05) is 38.1 Å². The average Bonchev–Trinajstić information content (AvgIpc) is 2.67. The van der Waals surface area contributed by atoms with Gasteiger partial charge in [-0.3, -0.25) is 4.79 Å². The zero-order chi connectivity index (χ0) is 13.1. The molecule has 0 saturated carbocycles. The van der Waals surface area contributed by atoms with E-state index >= 15 is 0 Å². The average molecular weight is 243 g/mol. The van der Waals surface area contributed by atoms with Gasteiger partial charge in [0.25, 0.3) is 5.91 Å². The molecule has 18 heavy (non-hydrogen) atoms. The molecule has 1 aromatic carbocycles. The highest BCUT2D eigenvalue weighted by Crippen LogP contribution is 2.13. The number of aryl methyl sites for hydroxylation is 3. The van der Waals surface area contributed by atoms with Gasteiger partial charge in [-0.05, 0) is 32.4 Å². The number of hydrogen-bond acceptors (Lipinski definition) is 2. The highest BCUT2D eigenvalue weighted by molar-refractivity contribution is 5.95. The molecule has 3 nitrogen and oxygen atoms in total. The van der Waals surface area contributed by atoms with Crippen molar-refractivity contribution in [2.24, 2.45) is 0 Å². The maximum absolute atomic E-state index is 11.9. The number of rotatable bonds is 3. The Balaban J connectivity index is 2.00. The Morgan fingerprint density at radius 3 is 2.39 bits per heavy atom. The maximum atomic E-state index is 11.9.